The Morgan fingerprint density at radius 3 is 2.17 bits per heavy atom. The lowest BCUT2D eigenvalue weighted by Crippen LogP contribution is -2.29. The minimum absolute atomic E-state index is 0.0378. The Hall–Kier alpha value is -3.66. The van der Waals surface area contributed by atoms with Gasteiger partial charge in [0.25, 0.3) is 0 Å². The average molecular weight is 527 g/mol. The molecule has 1 atom stereocenters. The first-order valence-electron chi connectivity index (χ1n) is 10.9. The number of hydrogen-bond donors (Lipinski definition) is 2. The molecule has 0 aliphatic carbocycles. The molecule has 2 N–H and O–H groups in total. The van der Waals surface area contributed by atoms with Crippen molar-refractivity contribution in [2.45, 2.75) is 10.8 Å². The fourth-order valence-electron chi connectivity index (χ4n) is 4.03. The third kappa shape index (κ3) is 5.13. The lowest BCUT2D eigenvalue weighted by Gasteiger charge is -2.20. The standard InChI is InChI=1S/C26H23ClN2O6S/c1-34-25(30)16-11-17(26(31)35-2)13-18(12-16)36(32,33)29-15-22(19-7-3-5-9-23(19)27)21-14-28-24-10-6-4-8-20(21)24/h3-14,22,28-29H,15H2,1-2H3. The van der Waals surface area contributed by atoms with Crippen molar-refractivity contribution in [2.75, 3.05) is 20.8 Å². The number of rotatable bonds is 8. The molecule has 4 rings (SSSR count). The summed E-state index contributed by atoms with van der Waals surface area (Å²) in [6, 6.07) is 18.4. The summed E-state index contributed by atoms with van der Waals surface area (Å²) >= 11 is 6.51. The van der Waals surface area contributed by atoms with E-state index in [1.807, 2.05) is 42.6 Å². The Morgan fingerprint density at radius 1 is 0.917 bits per heavy atom. The molecule has 0 aliphatic heterocycles. The number of hydrogen-bond acceptors (Lipinski definition) is 6. The van der Waals surface area contributed by atoms with Gasteiger partial charge in [-0.1, -0.05) is 48.0 Å². The van der Waals surface area contributed by atoms with Crippen molar-refractivity contribution in [1.82, 2.24) is 9.71 Å². The van der Waals surface area contributed by atoms with Crippen molar-refractivity contribution in [2.24, 2.45) is 0 Å². The molecule has 0 saturated heterocycles. The van der Waals surface area contributed by atoms with Gasteiger partial charge < -0.3 is 14.5 Å². The Bertz CT molecular complexity index is 1510. The van der Waals surface area contributed by atoms with Crippen molar-refractivity contribution in [3.63, 3.8) is 0 Å². The zero-order chi connectivity index (χ0) is 25.9. The fraction of sp³-hybridized carbons (Fsp3) is 0.154. The van der Waals surface area contributed by atoms with E-state index in [1.165, 1.54) is 6.07 Å². The van der Waals surface area contributed by atoms with Gasteiger partial charge in [-0.25, -0.2) is 22.7 Å². The summed E-state index contributed by atoms with van der Waals surface area (Å²) in [5.74, 6) is -2.01. The number of sulfonamides is 1. The lowest BCUT2D eigenvalue weighted by atomic mass is 9.91. The Balaban J connectivity index is 1.74. The number of nitrogens with one attached hydrogen (secondary N) is 2. The first-order valence-corrected chi connectivity index (χ1v) is 12.7. The molecule has 36 heavy (non-hydrogen) atoms. The van der Waals surface area contributed by atoms with E-state index in [1.54, 1.807) is 12.1 Å². The van der Waals surface area contributed by atoms with Crippen LogP contribution < -0.4 is 4.72 Å². The van der Waals surface area contributed by atoms with Gasteiger partial charge in [-0.15, -0.1) is 0 Å². The third-order valence-electron chi connectivity index (χ3n) is 5.81. The monoisotopic (exact) mass is 526 g/mol. The number of halogens is 1. The van der Waals surface area contributed by atoms with Crippen molar-refractivity contribution in [3.8, 4) is 0 Å². The summed E-state index contributed by atoms with van der Waals surface area (Å²) in [7, 11) is -1.84. The Labute approximate surface area is 213 Å². The molecular formula is C26H23ClN2O6S. The Kier molecular flexibility index (Phi) is 7.44. The van der Waals surface area contributed by atoms with Gasteiger partial charge in [0.15, 0.2) is 0 Å². The molecule has 1 unspecified atom stereocenters. The minimum atomic E-state index is -4.17. The van der Waals surface area contributed by atoms with Crippen LogP contribution in [-0.2, 0) is 19.5 Å². The van der Waals surface area contributed by atoms with E-state index >= 15 is 0 Å². The van der Waals surface area contributed by atoms with Crippen LogP contribution in [-0.4, -0.2) is 46.1 Å². The highest BCUT2D eigenvalue weighted by molar-refractivity contribution is 7.89. The van der Waals surface area contributed by atoms with E-state index in [2.05, 4.69) is 9.71 Å². The molecule has 3 aromatic carbocycles. The van der Waals surface area contributed by atoms with Gasteiger partial charge in [-0.05, 0) is 41.5 Å². The summed E-state index contributed by atoms with van der Waals surface area (Å²) in [6.45, 7) is -0.0378. The van der Waals surface area contributed by atoms with Crippen LogP contribution in [0.2, 0.25) is 5.02 Å². The molecule has 0 bridgehead atoms. The molecule has 186 valence electrons. The van der Waals surface area contributed by atoms with E-state index in [4.69, 9.17) is 21.1 Å². The van der Waals surface area contributed by atoms with E-state index in [9.17, 15) is 18.0 Å². The van der Waals surface area contributed by atoms with Crippen LogP contribution in [0.25, 0.3) is 10.9 Å². The van der Waals surface area contributed by atoms with Crippen molar-refractivity contribution in [1.29, 1.82) is 0 Å². The molecule has 0 amide bonds. The quantitative estimate of drug-likeness (QED) is 0.327. The van der Waals surface area contributed by atoms with Gasteiger partial charge in [0, 0.05) is 34.6 Å². The molecule has 1 aromatic heterocycles. The number of carbonyl (C=O) groups is 2. The predicted molar refractivity (Wildman–Crippen MR) is 136 cm³/mol. The van der Waals surface area contributed by atoms with Gasteiger partial charge >= 0.3 is 11.9 Å². The smallest absolute Gasteiger partial charge is 0.337 e. The molecule has 0 aliphatic rings. The number of carbonyl (C=O) groups excluding carboxylic acids is 2. The van der Waals surface area contributed by atoms with Gasteiger partial charge in [0.2, 0.25) is 10.0 Å². The zero-order valence-corrected chi connectivity index (χ0v) is 21.0. The highest BCUT2D eigenvalue weighted by Crippen LogP contribution is 2.34. The number of H-pyrrole nitrogens is 1. The highest BCUT2D eigenvalue weighted by Gasteiger charge is 2.25. The van der Waals surface area contributed by atoms with Crippen molar-refractivity contribution < 1.29 is 27.5 Å². The van der Waals surface area contributed by atoms with Crippen LogP contribution in [0.1, 0.15) is 37.8 Å². The number of esters is 2. The van der Waals surface area contributed by atoms with Crippen LogP contribution in [0.15, 0.2) is 77.8 Å². The molecule has 0 radical (unpaired) electrons. The number of benzene rings is 3. The van der Waals surface area contributed by atoms with Crippen LogP contribution in [0.3, 0.4) is 0 Å². The SMILES string of the molecule is COC(=O)c1cc(C(=O)OC)cc(S(=O)(=O)NCC(c2ccccc2Cl)c2c[nH]c3ccccc23)c1. The van der Waals surface area contributed by atoms with Gasteiger partial charge in [-0.3, -0.25) is 0 Å². The molecular weight excluding hydrogens is 504 g/mol. The van der Waals surface area contributed by atoms with Crippen LogP contribution in [0.4, 0.5) is 0 Å². The number of ether oxygens (including phenoxy) is 2. The zero-order valence-electron chi connectivity index (χ0n) is 19.4. The van der Waals surface area contributed by atoms with E-state index in [0.29, 0.717) is 5.02 Å². The number of aromatic nitrogens is 1. The third-order valence-corrected chi connectivity index (χ3v) is 7.56. The normalized spacial score (nSPS) is 12.3. The summed E-state index contributed by atoms with van der Waals surface area (Å²) in [6.07, 6.45) is 1.83. The van der Waals surface area contributed by atoms with E-state index in [0.717, 1.165) is 48.4 Å². The van der Waals surface area contributed by atoms with E-state index in [-0.39, 0.29) is 22.6 Å². The Morgan fingerprint density at radius 2 is 1.53 bits per heavy atom. The predicted octanol–water partition coefficient (Wildman–Crippen LogP) is 4.50. The summed E-state index contributed by atoms with van der Waals surface area (Å²) < 4.78 is 38.7. The number of aromatic amines is 1. The van der Waals surface area contributed by atoms with Gasteiger partial charge in [-0.2, -0.15) is 0 Å². The fourth-order valence-corrected chi connectivity index (χ4v) is 5.41. The maximum Gasteiger partial charge on any atom is 0.337 e. The highest BCUT2D eigenvalue weighted by atomic mass is 35.5. The largest absolute Gasteiger partial charge is 0.465 e. The summed E-state index contributed by atoms with van der Waals surface area (Å²) in [4.78, 5) is 27.2. The summed E-state index contributed by atoms with van der Waals surface area (Å²) in [5.41, 5.74) is 2.31. The molecule has 10 heteroatoms. The minimum Gasteiger partial charge on any atom is -0.465 e. The second kappa shape index (κ2) is 10.5. The molecule has 1 heterocycles. The van der Waals surface area contributed by atoms with Gasteiger partial charge in [0.05, 0.1) is 30.2 Å². The summed E-state index contributed by atoms with van der Waals surface area (Å²) in [5, 5.41) is 1.43. The molecule has 0 saturated carbocycles. The first-order chi connectivity index (χ1) is 17.2. The second-order valence-corrected chi connectivity index (χ2v) is 10.1. The van der Waals surface area contributed by atoms with Crippen LogP contribution >= 0.6 is 11.6 Å². The molecule has 0 spiro atoms. The topological polar surface area (TPSA) is 115 Å². The second-order valence-electron chi connectivity index (χ2n) is 7.94. The van der Waals surface area contributed by atoms with Crippen LogP contribution in [0, 0.1) is 0 Å². The van der Waals surface area contributed by atoms with Crippen LogP contribution in [0.5, 0.6) is 0 Å². The number of para-hydroxylation sites is 1. The number of fused-ring (bicyclic) bond motifs is 1. The maximum atomic E-state index is 13.4. The van der Waals surface area contributed by atoms with Gasteiger partial charge in [0.1, 0.15) is 0 Å². The molecule has 0 fully saturated rings. The van der Waals surface area contributed by atoms with Crippen molar-refractivity contribution in [3.05, 3.63) is 100 Å². The maximum absolute atomic E-state index is 13.4. The van der Waals surface area contributed by atoms with E-state index < -0.39 is 27.9 Å². The molecule has 4 aromatic rings. The first kappa shape index (κ1) is 25.4. The number of methoxy groups -OCH3 is 2. The lowest BCUT2D eigenvalue weighted by molar-refractivity contribution is 0.0598. The molecule has 8 nitrogen and oxygen atoms in total. The average Bonchev–Trinajstić information content (AvgIpc) is 3.32. The van der Waals surface area contributed by atoms with Crippen molar-refractivity contribution >= 4 is 44.5 Å².